The molecule has 0 bridgehead atoms. The summed E-state index contributed by atoms with van der Waals surface area (Å²) < 4.78 is 8.96. The van der Waals surface area contributed by atoms with E-state index in [1.54, 1.807) is 0 Å². The minimum absolute atomic E-state index is 0.0295. The molecule has 0 saturated heterocycles. The van der Waals surface area contributed by atoms with Gasteiger partial charge in [-0.2, -0.15) is 0 Å². The summed E-state index contributed by atoms with van der Waals surface area (Å²) in [6.45, 7) is 20.5. The summed E-state index contributed by atoms with van der Waals surface area (Å²) in [6, 6.07) is 102. The van der Waals surface area contributed by atoms with Crippen molar-refractivity contribution in [3.63, 3.8) is 0 Å². The van der Waals surface area contributed by atoms with Crippen molar-refractivity contribution >= 4 is 135 Å². The van der Waals surface area contributed by atoms with E-state index in [4.69, 9.17) is 4.42 Å². The van der Waals surface area contributed by atoms with Gasteiger partial charge in [-0.25, -0.2) is 0 Å². The number of fused-ring (bicyclic) bond motifs is 11. The van der Waals surface area contributed by atoms with Crippen LogP contribution in [0.1, 0.15) is 79.0 Å². The number of rotatable bonds is 9. The van der Waals surface area contributed by atoms with Gasteiger partial charge in [0, 0.05) is 84.1 Å². The van der Waals surface area contributed by atoms with Crippen molar-refractivity contribution in [2.45, 2.75) is 78.6 Å². The predicted octanol–water partition coefficient (Wildman–Crippen LogP) is 21.6. The van der Waals surface area contributed by atoms with Gasteiger partial charge in [0.1, 0.15) is 11.2 Å². The lowest BCUT2D eigenvalue weighted by molar-refractivity contribution is 0.590. The van der Waals surface area contributed by atoms with Crippen LogP contribution in [0.15, 0.2) is 277 Å². The minimum atomic E-state index is -0.202. The minimum Gasteiger partial charge on any atom is -0.456 e. The summed E-state index contributed by atoms with van der Waals surface area (Å²) in [7, 11) is 0. The summed E-state index contributed by atoms with van der Waals surface area (Å²) in [5, 5.41) is 4.58. The van der Waals surface area contributed by atoms with Gasteiger partial charge in [-0.05, 0) is 183 Å². The fraction of sp³-hybridized carbons (Fsp3) is 0.143. The van der Waals surface area contributed by atoms with Crippen LogP contribution in [-0.2, 0) is 16.2 Å². The van der Waals surface area contributed by atoms with Gasteiger partial charge in [-0.15, -0.1) is 0 Å². The van der Waals surface area contributed by atoms with Gasteiger partial charge in [0.25, 0.3) is 6.71 Å². The van der Waals surface area contributed by atoms with E-state index in [1.165, 1.54) is 49.5 Å². The number of aromatic nitrogens is 1. The Labute approximate surface area is 534 Å². The normalized spacial score (nSPS) is 13.0. The van der Waals surface area contributed by atoms with Crippen LogP contribution in [0.25, 0.3) is 49.4 Å². The van der Waals surface area contributed by atoms with Crippen molar-refractivity contribution in [2.24, 2.45) is 0 Å². The molecule has 0 aliphatic carbocycles. The van der Waals surface area contributed by atoms with Crippen LogP contribution in [0.3, 0.4) is 0 Å². The van der Waals surface area contributed by atoms with E-state index in [0.29, 0.717) is 0 Å². The lowest BCUT2D eigenvalue weighted by Crippen LogP contribution is -2.61. The average Bonchev–Trinajstić information content (AvgIpc) is 1.64. The molecule has 2 aliphatic heterocycles. The molecule has 0 amide bonds. The van der Waals surface area contributed by atoms with Crippen molar-refractivity contribution in [3.8, 4) is 5.69 Å². The Balaban J connectivity index is 1.04. The fourth-order valence-electron chi connectivity index (χ4n) is 14.4. The van der Waals surface area contributed by atoms with E-state index < -0.39 is 0 Å². The largest absolute Gasteiger partial charge is 0.456 e. The third-order valence-corrected chi connectivity index (χ3v) is 19.0. The summed E-state index contributed by atoms with van der Waals surface area (Å²) in [5.41, 5.74) is 25.6. The molecular weight excluding hydrogens is 1110 g/mol. The number of para-hydroxylation sites is 5. The van der Waals surface area contributed by atoms with Gasteiger partial charge < -0.3 is 28.6 Å². The molecule has 4 heterocycles. The number of furan rings is 1. The maximum atomic E-state index is 6.50. The number of hydrogen-bond donors (Lipinski definition) is 0. The SMILES string of the molecule is CC(C)(C)c1ccc(N(c2ccc3c(c2)N(c2ccc(C(C)(C)C)cc2)c2cc(N(c4ccccc4)c4ccccc4)cc4c2B3c2ccc3c(c2N4c2ccc(C(C)(C)C)cc2)c2ccccc2n3-c2ccccc2)c2ccc3oc4ccccc4c3c2)cc1. The molecule has 0 atom stereocenters. The zero-order valence-corrected chi connectivity index (χ0v) is 53.2. The Morgan fingerprint density at radius 1 is 0.319 bits per heavy atom. The van der Waals surface area contributed by atoms with Crippen LogP contribution in [-0.4, -0.2) is 11.3 Å². The van der Waals surface area contributed by atoms with Crippen LogP contribution >= 0.6 is 0 Å². The van der Waals surface area contributed by atoms with E-state index in [2.05, 4.69) is 353 Å². The second-order valence-electron chi connectivity index (χ2n) is 27.8. The lowest BCUT2D eigenvalue weighted by atomic mass is 9.33. The van der Waals surface area contributed by atoms with E-state index in [-0.39, 0.29) is 23.0 Å². The smallest absolute Gasteiger partial charge is 0.252 e. The fourth-order valence-corrected chi connectivity index (χ4v) is 14.4. The van der Waals surface area contributed by atoms with E-state index in [9.17, 15) is 0 Å². The topological polar surface area (TPSA) is 31.0 Å². The molecule has 6 nitrogen and oxygen atoms in total. The Morgan fingerprint density at radius 2 is 0.769 bits per heavy atom. The molecule has 7 heteroatoms. The number of nitrogens with zero attached hydrogens (tertiary/aromatic N) is 5. The first-order chi connectivity index (χ1) is 44.0. The monoisotopic (exact) mass is 1180 g/mol. The lowest BCUT2D eigenvalue weighted by Gasteiger charge is -2.45. The highest BCUT2D eigenvalue weighted by Crippen LogP contribution is 2.52. The number of anilines is 12. The molecule has 0 saturated carbocycles. The molecule has 2 aromatic heterocycles. The third-order valence-electron chi connectivity index (χ3n) is 19.0. The third kappa shape index (κ3) is 9.31. The van der Waals surface area contributed by atoms with Gasteiger partial charge in [0.05, 0.1) is 22.4 Å². The molecule has 12 aromatic carbocycles. The van der Waals surface area contributed by atoms with E-state index >= 15 is 0 Å². The summed E-state index contributed by atoms with van der Waals surface area (Å²) in [4.78, 5) is 10.1. The van der Waals surface area contributed by atoms with Crippen LogP contribution in [0.4, 0.5) is 68.2 Å². The maximum absolute atomic E-state index is 6.50. The molecule has 0 N–H and O–H groups in total. The second-order valence-corrected chi connectivity index (χ2v) is 27.8. The number of benzene rings is 12. The highest BCUT2D eigenvalue weighted by Gasteiger charge is 2.46. The van der Waals surface area contributed by atoms with Crippen molar-refractivity contribution in [1.29, 1.82) is 0 Å². The Bertz CT molecular complexity index is 5070. The van der Waals surface area contributed by atoms with Crippen molar-refractivity contribution in [3.05, 3.63) is 290 Å². The first-order valence-corrected chi connectivity index (χ1v) is 32.0. The molecule has 0 fully saturated rings. The Kier molecular flexibility index (Phi) is 12.9. The summed E-state index contributed by atoms with van der Waals surface area (Å²) >= 11 is 0. The van der Waals surface area contributed by atoms with E-state index in [0.717, 1.165) is 101 Å². The first-order valence-electron chi connectivity index (χ1n) is 32.0. The molecular formula is C84H72BN5O. The molecule has 0 unspecified atom stereocenters. The molecule has 0 radical (unpaired) electrons. The van der Waals surface area contributed by atoms with Gasteiger partial charge >= 0.3 is 0 Å². The summed E-state index contributed by atoms with van der Waals surface area (Å²) in [5.74, 6) is 0. The van der Waals surface area contributed by atoms with Crippen LogP contribution < -0.4 is 36.0 Å². The van der Waals surface area contributed by atoms with Crippen LogP contribution in [0.2, 0.25) is 0 Å². The highest BCUT2D eigenvalue weighted by molar-refractivity contribution is 7.00. The van der Waals surface area contributed by atoms with Gasteiger partial charge in [-0.3, -0.25) is 0 Å². The molecule has 0 spiro atoms. The van der Waals surface area contributed by atoms with Gasteiger partial charge in [0.15, 0.2) is 0 Å². The van der Waals surface area contributed by atoms with Crippen LogP contribution in [0, 0.1) is 0 Å². The van der Waals surface area contributed by atoms with Gasteiger partial charge in [-0.1, -0.05) is 202 Å². The average molecular weight is 1180 g/mol. The quantitative estimate of drug-likeness (QED) is 0.134. The Morgan fingerprint density at radius 3 is 1.38 bits per heavy atom. The van der Waals surface area contributed by atoms with Gasteiger partial charge in [0.2, 0.25) is 0 Å². The summed E-state index contributed by atoms with van der Waals surface area (Å²) in [6.07, 6.45) is 0. The zero-order chi connectivity index (χ0) is 62.1. The molecule has 14 aromatic rings. The van der Waals surface area contributed by atoms with E-state index in [1.807, 2.05) is 6.07 Å². The highest BCUT2D eigenvalue weighted by atomic mass is 16.3. The molecule has 16 rings (SSSR count). The second kappa shape index (κ2) is 21.1. The molecule has 91 heavy (non-hydrogen) atoms. The maximum Gasteiger partial charge on any atom is 0.252 e. The Hall–Kier alpha value is -10.5. The standard InChI is InChI=1S/C84H72BN5O/c1-82(2,3)55-33-39-61(40-34-55)87(64-46-50-78-69(51-64)67-29-20-22-32-77(67)91-78)65-45-47-70-74(52-65)89(62-41-35-56(36-42-62)83(4,5)6)75-53-66(86(58-23-13-10-14-24-58)59-25-15-11-16-26-59)54-76-80(75)85(70)71-48-49-73-79(81(71)90(76)63-43-37-57(38-44-63)84(7,8)9)68-30-19-21-31-72(68)88(73)60-27-17-12-18-28-60/h10-54H,1-9H3. The van der Waals surface area contributed by atoms with Crippen molar-refractivity contribution < 1.29 is 4.42 Å². The van der Waals surface area contributed by atoms with Crippen LogP contribution in [0.5, 0.6) is 0 Å². The molecule has 2 aliphatic rings. The van der Waals surface area contributed by atoms with Crippen molar-refractivity contribution in [1.82, 2.24) is 4.57 Å². The molecule has 442 valence electrons. The van der Waals surface area contributed by atoms with Crippen molar-refractivity contribution in [2.75, 3.05) is 19.6 Å². The number of hydrogen-bond acceptors (Lipinski definition) is 5. The first kappa shape index (κ1) is 55.8. The zero-order valence-electron chi connectivity index (χ0n) is 53.2. The predicted molar refractivity (Wildman–Crippen MR) is 388 cm³/mol.